The van der Waals surface area contributed by atoms with Gasteiger partial charge < -0.3 is 4.74 Å². The second-order valence-corrected chi connectivity index (χ2v) is 5.08. The number of halogens is 4. The molecule has 0 amide bonds. The molecular formula is C13H14ClF3O. The molecule has 18 heavy (non-hydrogen) atoms. The third-order valence-corrected chi connectivity index (χ3v) is 3.87. The summed E-state index contributed by atoms with van der Waals surface area (Å²) in [5, 5.41) is 0. The Kier molecular flexibility index (Phi) is 3.87. The van der Waals surface area contributed by atoms with Crippen molar-refractivity contribution in [2.75, 3.05) is 19.1 Å². The van der Waals surface area contributed by atoms with Crippen LogP contribution < -0.4 is 0 Å². The van der Waals surface area contributed by atoms with Crippen LogP contribution in [0.25, 0.3) is 0 Å². The lowest BCUT2D eigenvalue weighted by Gasteiger charge is -2.24. The lowest BCUT2D eigenvalue weighted by molar-refractivity contribution is -0.137. The molecule has 1 unspecified atom stereocenters. The first-order valence-electron chi connectivity index (χ1n) is 5.75. The van der Waals surface area contributed by atoms with Crippen molar-refractivity contribution in [1.29, 1.82) is 0 Å². The maximum Gasteiger partial charge on any atom is 0.416 e. The van der Waals surface area contributed by atoms with E-state index >= 15 is 0 Å². The zero-order valence-corrected chi connectivity index (χ0v) is 10.5. The van der Waals surface area contributed by atoms with Crippen LogP contribution in [0, 0.1) is 5.41 Å². The summed E-state index contributed by atoms with van der Waals surface area (Å²) in [5.41, 5.74) is -0.161. The monoisotopic (exact) mass is 278 g/mol. The quantitative estimate of drug-likeness (QED) is 0.762. The number of hydrogen-bond acceptors (Lipinski definition) is 1. The highest BCUT2D eigenvalue weighted by atomic mass is 35.5. The summed E-state index contributed by atoms with van der Waals surface area (Å²) in [6.07, 6.45) is -2.97. The summed E-state index contributed by atoms with van der Waals surface area (Å²) in [6, 6.07) is 5.44. The Morgan fingerprint density at radius 2 is 2.11 bits per heavy atom. The predicted molar refractivity (Wildman–Crippen MR) is 63.7 cm³/mol. The summed E-state index contributed by atoms with van der Waals surface area (Å²) < 4.78 is 43.1. The van der Waals surface area contributed by atoms with Gasteiger partial charge in [-0.3, -0.25) is 0 Å². The van der Waals surface area contributed by atoms with Gasteiger partial charge in [0.15, 0.2) is 0 Å². The Morgan fingerprint density at radius 1 is 1.33 bits per heavy atom. The molecule has 0 aromatic heterocycles. The molecule has 0 aliphatic carbocycles. The standard InChI is InChI=1S/C13H14ClF3O/c14-8-12(4-5-18-9-12)7-10-2-1-3-11(6-10)13(15,16)17/h1-3,6H,4-5,7-9H2. The molecule has 1 heterocycles. The minimum atomic E-state index is -4.30. The van der Waals surface area contributed by atoms with Crippen LogP contribution >= 0.6 is 11.6 Å². The van der Waals surface area contributed by atoms with E-state index in [9.17, 15) is 13.2 Å². The third-order valence-electron chi connectivity index (χ3n) is 3.30. The fourth-order valence-corrected chi connectivity index (χ4v) is 2.54. The van der Waals surface area contributed by atoms with E-state index in [2.05, 4.69) is 0 Å². The third kappa shape index (κ3) is 2.98. The average molecular weight is 279 g/mol. The van der Waals surface area contributed by atoms with Crippen LogP contribution in [-0.2, 0) is 17.3 Å². The van der Waals surface area contributed by atoms with Gasteiger partial charge in [0.05, 0.1) is 12.2 Å². The second kappa shape index (κ2) is 5.10. The van der Waals surface area contributed by atoms with E-state index in [-0.39, 0.29) is 5.41 Å². The van der Waals surface area contributed by atoms with Crippen molar-refractivity contribution in [3.05, 3.63) is 35.4 Å². The number of ether oxygens (including phenoxy) is 1. The van der Waals surface area contributed by atoms with Crippen LogP contribution in [0.1, 0.15) is 17.5 Å². The Morgan fingerprint density at radius 3 is 2.67 bits per heavy atom. The summed E-state index contributed by atoms with van der Waals surface area (Å²) >= 11 is 5.94. The van der Waals surface area contributed by atoms with Crippen LogP contribution in [0.2, 0.25) is 0 Å². The van der Waals surface area contributed by atoms with Crippen molar-refractivity contribution in [3.8, 4) is 0 Å². The van der Waals surface area contributed by atoms with Gasteiger partial charge >= 0.3 is 6.18 Å². The molecule has 1 aromatic carbocycles. The van der Waals surface area contributed by atoms with Gasteiger partial charge in [0.25, 0.3) is 0 Å². The van der Waals surface area contributed by atoms with E-state index in [1.165, 1.54) is 12.1 Å². The normalized spacial score (nSPS) is 24.4. The summed E-state index contributed by atoms with van der Waals surface area (Å²) in [4.78, 5) is 0. The Labute approximate surface area is 109 Å². The highest BCUT2D eigenvalue weighted by Gasteiger charge is 2.35. The molecule has 0 bridgehead atoms. The van der Waals surface area contributed by atoms with Crippen molar-refractivity contribution in [1.82, 2.24) is 0 Å². The molecule has 1 aliphatic heterocycles. The minimum absolute atomic E-state index is 0.216. The fourth-order valence-electron chi connectivity index (χ4n) is 2.23. The molecule has 0 N–H and O–H groups in total. The van der Waals surface area contributed by atoms with Gasteiger partial charge in [-0.1, -0.05) is 18.2 Å². The maximum absolute atomic E-state index is 12.6. The van der Waals surface area contributed by atoms with Crippen molar-refractivity contribution in [3.63, 3.8) is 0 Å². The van der Waals surface area contributed by atoms with Crippen molar-refractivity contribution in [2.24, 2.45) is 5.41 Å². The smallest absolute Gasteiger partial charge is 0.381 e. The van der Waals surface area contributed by atoms with Gasteiger partial charge in [-0.05, 0) is 24.5 Å². The second-order valence-electron chi connectivity index (χ2n) is 4.81. The van der Waals surface area contributed by atoms with Crippen LogP contribution in [0.3, 0.4) is 0 Å². The number of alkyl halides is 4. The molecule has 2 rings (SSSR count). The average Bonchev–Trinajstić information content (AvgIpc) is 2.77. The molecule has 100 valence electrons. The molecule has 1 atom stereocenters. The first-order valence-corrected chi connectivity index (χ1v) is 6.29. The number of hydrogen-bond donors (Lipinski definition) is 0. The molecule has 1 saturated heterocycles. The predicted octanol–water partition coefficient (Wildman–Crippen LogP) is 3.89. The van der Waals surface area contributed by atoms with Crippen LogP contribution in [0.15, 0.2) is 24.3 Å². The zero-order valence-electron chi connectivity index (χ0n) is 9.77. The van der Waals surface area contributed by atoms with Gasteiger partial charge in [-0.15, -0.1) is 11.6 Å². The lowest BCUT2D eigenvalue weighted by atomic mass is 9.82. The molecule has 1 aliphatic rings. The molecule has 0 saturated carbocycles. The zero-order chi connectivity index (χ0) is 13.2. The topological polar surface area (TPSA) is 9.23 Å². The Balaban J connectivity index is 2.19. The summed E-state index contributed by atoms with van der Waals surface area (Å²) in [6.45, 7) is 1.15. The largest absolute Gasteiger partial charge is 0.416 e. The molecule has 0 spiro atoms. The minimum Gasteiger partial charge on any atom is -0.381 e. The van der Waals surface area contributed by atoms with Crippen LogP contribution in [-0.4, -0.2) is 19.1 Å². The van der Waals surface area contributed by atoms with E-state index in [0.717, 1.165) is 12.5 Å². The molecule has 0 radical (unpaired) electrons. The van der Waals surface area contributed by atoms with E-state index < -0.39 is 11.7 Å². The van der Waals surface area contributed by atoms with Gasteiger partial charge in [-0.25, -0.2) is 0 Å². The molecule has 1 fully saturated rings. The molecule has 1 aromatic rings. The highest BCUT2D eigenvalue weighted by molar-refractivity contribution is 6.18. The van der Waals surface area contributed by atoms with Gasteiger partial charge in [0, 0.05) is 17.9 Å². The van der Waals surface area contributed by atoms with E-state index in [1.54, 1.807) is 6.07 Å². The highest BCUT2D eigenvalue weighted by Crippen LogP contribution is 2.35. The van der Waals surface area contributed by atoms with Gasteiger partial charge in [0.2, 0.25) is 0 Å². The van der Waals surface area contributed by atoms with Crippen molar-refractivity contribution >= 4 is 11.6 Å². The molecule has 1 nitrogen and oxygen atoms in total. The van der Waals surface area contributed by atoms with E-state index in [1.807, 2.05) is 0 Å². The number of rotatable bonds is 3. The molecule has 5 heteroatoms. The van der Waals surface area contributed by atoms with Gasteiger partial charge in [0.1, 0.15) is 0 Å². The number of benzene rings is 1. The van der Waals surface area contributed by atoms with Crippen LogP contribution in [0.5, 0.6) is 0 Å². The fraction of sp³-hybridized carbons (Fsp3) is 0.538. The van der Waals surface area contributed by atoms with Crippen LogP contribution in [0.4, 0.5) is 13.2 Å². The maximum atomic E-state index is 12.6. The Bertz CT molecular complexity index is 411. The molecular weight excluding hydrogens is 265 g/mol. The SMILES string of the molecule is FC(F)(F)c1cccc(CC2(CCl)CCOC2)c1. The summed E-state index contributed by atoms with van der Waals surface area (Å²) in [5.74, 6) is 0.406. The Hall–Kier alpha value is -0.740. The first-order chi connectivity index (χ1) is 8.45. The van der Waals surface area contributed by atoms with Crippen molar-refractivity contribution in [2.45, 2.75) is 19.0 Å². The van der Waals surface area contributed by atoms with Gasteiger partial charge in [-0.2, -0.15) is 13.2 Å². The van der Waals surface area contributed by atoms with E-state index in [0.29, 0.717) is 31.1 Å². The van der Waals surface area contributed by atoms with Crippen molar-refractivity contribution < 1.29 is 17.9 Å². The van der Waals surface area contributed by atoms with E-state index in [4.69, 9.17) is 16.3 Å². The summed E-state index contributed by atoms with van der Waals surface area (Å²) in [7, 11) is 0. The first kappa shape index (κ1) is 13.7. The lowest BCUT2D eigenvalue weighted by Crippen LogP contribution is -2.26.